The molecule has 4 heterocycles. The Hall–Kier alpha value is -5.44. The first-order valence-electron chi connectivity index (χ1n) is 17.4. The average molecular weight is 737 g/mol. The minimum Gasteiger partial charge on any atom is -0.505 e. The normalized spacial score (nSPS) is 13.7. The number of fused-ring (bicyclic) bond motifs is 1. The second-order valence-corrected chi connectivity index (χ2v) is 14.8. The van der Waals surface area contributed by atoms with Gasteiger partial charge in [-0.25, -0.2) is 13.9 Å². The molecule has 14 heteroatoms. The number of phenols is 1. The number of amides is 2. The Balaban J connectivity index is 1.03. The molecule has 7 rings (SSSR count). The number of hydrogen-bond donors (Lipinski definition) is 3. The maximum atomic E-state index is 14.3. The van der Waals surface area contributed by atoms with Gasteiger partial charge in [-0.1, -0.05) is 62.9 Å². The molecule has 1 aliphatic rings. The van der Waals surface area contributed by atoms with Gasteiger partial charge in [0.25, 0.3) is 0 Å². The molecule has 3 N–H and O–H groups in total. The van der Waals surface area contributed by atoms with E-state index in [2.05, 4.69) is 30.8 Å². The Labute approximate surface area is 310 Å². The van der Waals surface area contributed by atoms with E-state index in [1.807, 2.05) is 92.0 Å². The van der Waals surface area contributed by atoms with Crippen LogP contribution in [-0.4, -0.2) is 79.9 Å². The van der Waals surface area contributed by atoms with Crippen LogP contribution in [0.15, 0.2) is 101 Å². The maximum Gasteiger partial charge on any atom is 0.320 e. The van der Waals surface area contributed by atoms with Crippen LogP contribution in [-0.2, 0) is 16.7 Å². The summed E-state index contributed by atoms with van der Waals surface area (Å²) in [4.78, 5) is 17.5. The van der Waals surface area contributed by atoms with Crippen LogP contribution in [0.4, 0.5) is 15.0 Å². The predicted octanol–water partition coefficient (Wildman–Crippen LogP) is 6.91. The van der Waals surface area contributed by atoms with Gasteiger partial charge in [0.2, 0.25) is 0 Å². The van der Waals surface area contributed by atoms with Crippen LogP contribution in [0.5, 0.6) is 11.5 Å². The standard InChI is InChI=1S/C39H41FN8O4S/c1-39(2,3)34-23-36(48(45-34)28-11-13-32(49)31(40)22-28)42-38(50)41-24-27-7-4-5-10-33(27)53-30-12-14-35-43-44-37(47(35)25-30)26-8-6-9-29(21-26)52-20-17-46-15-18-51-19-16-46/h4-14,21-23,25,49H,15-20,24H2,1-3H3,(H2,41,42,50). The minimum atomic E-state index is -0.783. The number of urea groups is 1. The molecular weight excluding hydrogens is 696 g/mol. The molecule has 3 aromatic carbocycles. The Morgan fingerprint density at radius 1 is 1.00 bits per heavy atom. The van der Waals surface area contributed by atoms with Crippen molar-refractivity contribution in [2.45, 2.75) is 42.5 Å². The van der Waals surface area contributed by atoms with Gasteiger partial charge in [-0.2, -0.15) is 5.10 Å². The Morgan fingerprint density at radius 2 is 1.83 bits per heavy atom. The summed E-state index contributed by atoms with van der Waals surface area (Å²) in [6.07, 6.45) is 2.01. The topological polar surface area (TPSA) is 131 Å². The molecule has 274 valence electrons. The van der Waals surface area contributed by atoms with Crippen molar-refractivity contribution in [3.05, 3.63) is 108 Å². The molecule has 6 aromatic rings. The molecule has 1 fully saturated rings. The van der Waals surface area contributed by atoms with Crippen LogP contribution >= 0.6 is 11.8 Å². The number of nitrogens with one attached hydrogen (secondary N) is 2. The van der Waals surface area contributed by atoms with E-state index in [0.717, 1.165) is 65.2 Å². The van der Waals surface area contributed by atoms with E-state index in [0.29, 0.717) is 29.6 Å². The molecule has 0 atom stereocenters. The highest BCUT2D eigenvalue weighted by Gasteiger charge is 2.22. The lowest BCUT2D eigenvalue weighted by atomic mass is 9.92. The highest BCUT2D eigenvalue weighted by molar-refractivity contribution is 7.99. The number of aromatic nitrogens is 5. The van der Waals surface area contributed by atoms with Gasteiger partial charge < -0.3 is 19.9 Å². The quantitative estimate of drug-likeness (QED) is 0.130. The third-order valence-corrected chi connectivity index (χ3v) is 9.88. The van der Waals surface area contributed by atoms with Gasteiger partial charge in [-0.05, 0) is 48.0 Å². The number of benzene rings is 3. The molecular formula is C39H41FN8O4S. The number of anilines is 1. The lowest BCUT2D eigenvalue weighted by molar-refractivity contribution is 0.0322. The molecule has 12 nitrogen and oxygen atoms in total. The smallest absolute Gasteiger partial charge is 0.320 e. The molecule has 53 heavy (non-hydrogen) atoms. The van der Waals surface area contributed by atoms with Gasteiger partial charge in [-0.3, -0.25) is 14.6 Å². The van der Waals surface area contributed by atoms with Crippen LogP contribution < -0.4 is 15.4 Å². The first-order chi connectivity index (χ1) is 25.6. The predicted molar refractivity (Wildman–Crippen MR) is 201 cm³/mol. The fraction of sp³-hybridized carbons (Fsp3) is 0.282. The van der Waals surface area contributed by atoms with Crippen LogP contribution in [0.2, 0.25) is 0 Å². The number of phenolic OH excluding ortho intramolecular Hbond substituents is 1. The molecule has 3 aromatic heterocycles. The monoisotopic (exact) mass is 736 g/mol. The minimum absolute atomic E-state index is 0.252. The zero-order chi connectivity index (χ0) is 37.0. The van der Waals surface area contributed by atoms with Gasteiger partial charge >= 0.3 is 6.03 Å². The number of halogens is 1. The van der Waals surface area contributed by atoms with E-state index in [1.165, 1.54) is 22.9 Å². The lowest BCUT2D eigenvalue weighted by Crippen LogP contribution is -2.38. The zero-order valence-corrected chi connectivity index (χ0v) is 30.6. The fourth-order valence-corrected chi connectivity index (χ4v) is 6.81. The largest absolute Gasteiger partial charge is 0.505 e. The molecule has 0 saturated carbocycles. The lowest BCUT2D eigenvalue weighted by Gasteiger charge is -2.26. The van der Waals surface area contributed by atoms with E-state index >= 15 is 0 Å². The van der Waals surface area contributed by atoms with Crippen molar-refractivity contribution in [2.24, 2.45) is 0 Å². The van der Waals surface area contributed by atoms with Crippen molar-refractivity contribution >= 4 is 29.3 Å². The van der Waals surface area contributed by atoms with Crippen molar-refractivity contribution < 1.29 is 23.8 Å². The van der Waals surface area contributed by atoms with E-state index in [9.17, 15) is 14.3 Å². The van der Waals surface area contributed by atoms with Crippen molar-refractivity contribution in [3.63, 3.8) is 0 Å². The summed E-state index contributed by atoms with van der Waals surface area (Å²) < 4.78 is 29.2. The number of morpholine rings is 1. The number of rotatable bonds is 11. The van der Waals surface area contributed by atoms with Gasteiger partial charge in [0.15, 0.2) is 23.0 Å². The summed E-state index contributed by atoms with van der Waals surface area (Å²) >= 11 is 1.57. The highest BCUT2D eigenvalue weighted by atomic mass is 32.2. The van der Waals surface area contributed by atoms with Crippen molar-refractivity contribution in [3.8, 4) is 28.6 Å². The second-order valence-electron chi connectivity index (χ2n) is 13.7. The van der Waals surface area contributed by atoms with Crippen LogP contribution in [0.3, 0.4) is 0 Å². The van der Waals surface area contributed by atoms with Gasteiger partial charge in [0, 0.05) is 65.3 Å². The Kier molecular flexibility index (Phi) is 10.6. The maximum absolute atomic E-state index is 14.3. The molecule has 0 unspecified atom stereocenters. The second kappa shape index (κ2) is 15.7. The first kappa shape index (κ1) is 35.9. The molecule has 1 aliphatic heterocycles. The third kappa shape index (κ3) is 8.62. The molecule has 2 amide bonds. The van der Waals surface area contributed by atoms with E-state index in [4.69, 9.17) is 9.47 Å². The van der Waals surface area contributed by atoms with Crippen LogP contribution in [0.25, 0.3) is 22.7 Å². The van der Waals surface area contributed by atoms with E-state index in [-0.39, 0.29) is 12.0 Å². The summed E-state index contributed by atoms with van der Waals surface area (Å²) in [5, 5.41) is 29.0. The number of nitrogens with zero attached hydrogens (tertiary/aromatic N) is 6. The number of aromatic hydroxyl groups is 1. The summed E-state index contributed by atoms with van der Waals surface area (Å²) in [6.45, 7) is 11.0. The zero-order valence-electron chi connectivity index (χ0n) is 29.8. The Bertz CT molecular complexity index is 2230. The highest BCUT2D eigenvalue weighted by Crippen LogP contribution is 2.33. The number of carbonyl (C=O) groups is 1. The third-order valence-electron chi connectivity index (χ3n) is 8.78. The number of pyridine rings is 1. The number of carbonyl (C=O) groups excluding carboxylic acids is 1. The Morgan fingerprint density at radius 3 is 2.64 bits per heavy atom. The van der Waals surface area contributed by atoms with Gasteiger partial charge in [0.05, 0.1) is 24.6 Å². The molecule has 0 aliphatic carbocycles. The summed E-state index contributed by atoms with van der Waals surface area (Å²) in [5.41, 5.74) is 3.27. The molecule has 0 bridgehead atoms. The summed E-state index contributed by atoms with van der Waals surface area (Å²) in [6, 6.07) is 25.0. The van der Waals surface area contributed by atoms with Crippen LogP contribution in [0, 0.1) is 5.82 Å². The van der Waals surface area contributed by atoms with E-state index in [1.54, 1.807) is 17.8 Å². The van der Waals surface area contributed by atoms with Crippen molar-refractivity contribution in [1.82, 2.24) is 34.6 Å². The summed E-state index contributed by atoms with van der Waals surface area (Å²) in [7, 11) is 0. The molecule has 1 saturated heterocycles. The van der Waals surface area contributed by atoms with Gasteiger partial charge in [0.1, 0.15) is 18.2 Å². The molecule has 0 spiro atoms. The first-order valence-corrected chi connectivity index (χ1v) is 18.2. The van der Waals surface area contributed by atoms with Crippen LogP contribution in [0.1, 0.15) is 32.0 Å². The SMILES string of the molecule is CC(C)(C)c1cc(NC(=O)NCc2ccccc2Sc2ccc3nnc(-c4cccc(OCCN5CCOCC5)c4)n3c2)n(-c2ccc(O)c(F)c2)n1. The molecule has 0 radical (unpaired) electrons. The van der Waals surface area contributed by atoms with Gasteiger partial charge in [-0.15, -0.1) is 10.2 Å². The van der Waals surface area contributed by atoms with E-state index < -0.39 is 17.6 Å². The number of ether oxygens (including phenoxy) is 2. The summed E-state index contributed by atoms with van der Waals surface area (Å²) in [5.74, 6) is 0.597. The number of hydrogen-bond acceptors (Lipinski definition) is 9. The van der Waals surface area contributed by atoms with Crippen molar-refractivity contribution in [1.29, 1.82) is 0 Å². The van der Waals surface area contributed by atoms with Crippen molar-refractivity contribution in [2.75, 3.05) is 44.8 Å². The fourth-order valence-electron chi connectivity index (χ4n) is 5.84. The average Bonchev–Trinajstić information content (AvgIpc) is 3.78.